The molecule has 0 fully saturated rings. The molecule has 2 aliphatic heterocycles. The van der Waals surface area contributed by atoms with Crippen molar-refractivity contribution in [3.63, 3.8) is 0 Å². The zero-order valence-corrected chi connectivity index (χ0v) is 11.1. The maximum absolute atomic E-state index is 6.02. The highest BCUT2D eigenvalue weighted by Crippen LogP contribution is 2.40. The van der Waals surface area contributed by atoms with Crippen LogP contribution in [0.1, 0.15) is 5.56 Å². The molecule has 3 N–H and O–H groups in total. The minimum absolute atomic E-state index is 0.271. The maximum atomic E-state index is 6.02. The van der Waals surface area contributed by atoms with E-state index in [2.05, 4.69) is 29.4 Å². The van der Waals surface area contributed by atoms with Crippen molar-refractivity contribution >= 4 is 11.4 Å². The van der Waals surface area contributed by atoms with E-state index in [-0.39, 0.29) is 6.79 Å². The van der Waals surface area contributed by atoms with Crippen LogP contribution in [-0.2, 0) is 0 Å². The number of nitrogens with one attached hydrogen (secondary N) is 1. The van der Waals surface area contributed by atoms with Crippen LogP contribution in [-0.4, -0.2) is 38.9 Å². The van der Waals surface area contributed by atoms with Crippen LogP contribution in [0.2, 0.25) is 0 Å². The van der Waals surface area contributed by atoms with Gasteiger partial charge in [0.2, 0.25) is 6.79 Å². The Morgan fingerprint density at radius 1 is 1.32 bits per heavy atom. The van der Waals surface area contributed by atoms with Gasteiger partial charge in [-0.2, -0.15) is 0 Å². The second kappa shape index (κ2) is 4.55. The molecule has 102 valence electrons. The number of rotatable bonds is 3. The van der Waals surface area contributed by atoms with Crippen molar-refractivity contribution in [2.24, 2.45) is 5.73 Å². The molecule has 0 unspecified atom stereocenters. The second-order valence-corrected chi connectivity index (χ2v) is 4.91. The lowest BCUT2D eigenvalue weighted by Gasteiger charge is -2.31. The largest absolute Gasteiger partial charge is 0.454 e. The summed E-state index contributed by atoms with van der Waals surface area (Å²) in [5.74, 6) is 1.52. The van der Waals surface area contributed by atoms with Crippen LogP contribution in [0.25, 0.3) is 5.70 Å². The maximum Gasteiger partial charge on any atom is 0.231 e. The summed E-state index contributed by atoms with van der Waals surface area (Å²) in [6.45, 7) is 2.06. The summed E-state index contributed by atoms with van der Waals surface area (Å²) in [4.78, 5) is 2.13. The molecule has 2 aliphatic rings. The van der Waals surface area contributed by atoms with E-state index in [1.165, 1.54) is 0 Å². The van der Waals surface area contributed by atoms with Crippen LogP contribution in [0.15, 0.2) is 18.3 Å². The van der Waals surface area contributed by atoms with Gasteiger partial charge in [0.15, 0.2) is 11.5 Å². The molecule has 0 amide bonds. The standard InChI is InChI=1S/C13H18N4O2/c1-16(2)3-4-17-11-6-13-12(18-8-19-13)5-9(11)10(14)7-15-17/h5-7,15H,3-4,8,14H2,1-2H3. The summed E-state index contributed by atoms with van der Waals surface area (Å²) in [5.41, 5.74) is 11.9. The van der Waals surface area contributed by atoms with Gasteiger partial charge >= 0.3 is 0 Å². The fraction of sp³-hybridized carbons (Fsp3) is 0.385. The number of benzene rings is 1. The Kier molecular flexibility index (Phi) is 2.87. The fourth-order valence-corrected chi connectivity index (χ4v) is 2.17. The number of hydrazine groups is 1. The summed E-state index contributed by atoms with van der Waals surface area (Å²) in [5, 5.41) is 2.06. The first-order chi connectivity index (χ1) is 9.15. The molecule has 0 aromatic heterocycles. The Hall–Kier alpha value is -2.08. The van der Waals surface area contributed by atoms with Crippen molar-refractivity contribution in [1.29, 1.82) is 0 Å². The minimum Gasteiger partial charge on any atom is -0.454 e. The van der Waals surface area contributed by atoms with E-state index in [4.69, 9.17) is 15.2 Å². The fourth-order valence-electron chi connectivity index (χ4n) is 2.17. The summed E-state index contributed by atoms with van der Waals surface area (Å²) >= 11 is 0. The highest BCUT2D eigenvalue weighted by atomic mass is 16.7. The van der Waals surface area contributed by atoms with Crippen LogP contribution < -0.4 is 25.6 Å². The van der Waals surface area contributed by atoms with E-state index in [0.717, 1.165) is 35.8 Å². The molecule has 0 saturated heterocycles. The molecule has 3 rings (SSSR count). The molecule has 0 spiro atoms. The Labute approximate surface area is 112 Å². The number of hydrogen-bond acceptors (Lipinski definition) is 6. The van der Waals surface area contributed by atoms with Crippen molar-refractivity contribution in [1.82, 2.24) is 10.3 Å². The molecule has 0 atom stereocenters. The van der Waals surface area contributed by atoms with E-state index >= 15 is 0 Å². The first-order valence-corrected chi connectivity index (χ1v) is 6.23. The Balaban J connectivity index is 1.93. The van der Waals surface area contributed by atoms with Gasteiger partial charge in [0.05, 0.1) is 17.9 Å². The van der Waals surface area contributed by atoms with Crippen LogP contribution in [0, 0.1) is 0 Å². The smallest absolute Gasteiger partial charge is 0.231 e. The predicted octanol–water partition coefficient (Wildman–Crippen LogP) is 0.559. The van der Waals surface area contributed by atoms with Gasteiger partial charge in [0.1, 0.15) is 0 Å². The second-order valence-electron chi connectivity index (χ2n) is 4.91. The molecule has 0 bridgehead atoms. The van der Waals surface area contributed by atoms with Gasteiger partial charge in [0, 0.05) is 24.4 Å². The summed E-state index contributed by atoms with van der Waals surface area (Å²) < 4.78 is 10.8. The van der Waals surface area contributed by atoms with Gasteiger partial charge in [-0.3, -0.25) is 5.01 Å². The molecule has 1 aromatic rings. The number of likely N-dealkylation sites (N-methyl/N-ethyl adjacent to an activating group) is 1. The summed E-state index contributed by atoms with van der Waals surface area (Å²) in [6.07, 6.45) is 1.81. The van der Waals surface area contributed by atoms with Gasteiger partial charge in [-0.05, 0) is 20.2 Å². The molecule has 6 heteroatoms. The third kappa shape index (κ3) is 2.15. The Bertz CT molecular complexity index is 528. The summed E-state index contributed by atoms with van der Waals surface area (Å²) in [7, 11) is 4.10. The highest BCUT2D eigenvalue weighted by Gasteiger charge is 2.23. The monoisotopic (exact) mass is 262 g/mol. The third-order valence-electron chi connectivity index (χ3n) is 3.24. The molecule has 0 aliphatic carbocycles. The number of nitrogens with zero attached hydrogens (tertiary/aromatic N) is 2. The topological polar surface area (TPSA) is 63.0 Å². The van der Waals surface area contributed by atoms with E-state index in [1.807, 2.05) is 12.1 Å². The molecule has 6 nitrogen and oxygen atoms in total. The third-order valence-corrected chi connectivity index (χ3v) is 3.24. The summed E-state index contributed by atoms with van der Waals surface area (Å²) in [6, 6.07) is 3.91. The minimum atomic E-state index is 0.271. The van der Waals surface area contributed by atoms with Crippen LogP contribution in [0.5, 0.6) is 11.5 Å². The first-order valence-electron chi connectivity index (χ1n) is 6.23. The van der Waals surface area contributed by atoms with Gasteiger partial charge in [-0.15, -0.1) is 0 Å². The van der Waals surface area contributed by atoms with E-state index in [0.29, 0.717) is 5.70 Å². The van der Waals surface area contributed by atoms with Crippen molar-refractivity contribution in [2.75, 3.05) is 39.0 Å². The van der Waals surface area contributed by atoms with Crippen molar-refractivity contribution < 1.29 is 9.47 Å². The number of nitrogens with two attached hydrogens (primary N) is 1. The molecule has 19 heavy (non-hydrogen) atoms. The predicted molar refractivity (Wildman–Crippen MR) is 73.8 cm³/mol. The average Bonchev–Trinajstić information content (AvgIpc) is 2.83. The van der Waals surface area contributed by atoms with Crippen molar-refractivity contribution in [2.45, 2.75) is 0 Å². The number of hydrogen-bond donors (Lipinski definition) is 2. The Morgan fingerprint density at radius 2 is 2.05 bits per heavy atom. The quantitative estimate of drug-likeness (QED) is 0.830. The zero-order valence-electron chi connectivity index (χ0n) is 11.1. The van der Waals surface area contributed by atoms with Crippen LogP contribution in [0.4, 0.5) is 5.69 Å². The SMILES string of the molecule is CN(C)CCN1NC=C(N)c2cc3c(cc21)OCO3. The molecular weight excluding hydrogens is 244 g/mol. The van der Waals surface area contributed by atoms with Crippen LogP contribution in [0.3, 0.4) is 0 Å². The lowest BCUT2D eigenvalue weighted by Crippen LogP contribution is -2.42. The Morgan fingerprint density at radius 3 is 2.79 bits per heavy atom. The molecule has 0 radical (unpaired) electrons. The first kappa shape index (κ1) is 12.0. The van der Waals surface area contributed by atoms with Gasteiger partial charge < -0.3 is 25.5 Å². The van der Waals surface area contributed by atoms with Gasteiger partial charge in [-0.1, -0.05) is 0 Å². The van der Waals surface area contributed by atoms with Gasteiger partial charge in [0.25, 0.3) is 0 Å². The lowest BCUT2D eigenvalue weighted by atomic mass is 10.1. The van der Waals surface area contributed by atoms with E-state index in [9.17, 15) is 0 Å². The lowest BCUT2D eigenvalue weighted by molar-refractivity contribution is 0.174. The van der Waals surface area contributed by atoms with E-state index in [1.54, 1.807) is 6.20 Å². The highest BCUT2D eigenvalue weighted by molar-refractivity contribution is 5.80. The molecular formula is C13H18N4O2. The number of fused-ring (bicyclic) bond motifs is 2. The normalized spacial score (nSPS) is 16.2. The zero-order chi connectivity index (χ0) is 13.4. The number of ether oxygens (including phenoxy) is 2. The average molecular weight is 262 g/mol. The van der Waals surface area contributed by atoms with Gasteiger partial charge in [-0.25, -0.2) is 0 Å². The van der Waals surface area contributed by atoms with Crippen molar-refractivity contribution in [3.8, 4) is 11.5 Å². The molecule has 0 saturated carbocycles. The van der Waals surface area contributed by atoms with E-state index < -0.39 is 0 Å². The van der Waals surface area contributed by atoms with Crippen LogP contribution >= 0.6 is 0 Å². The molecule has 1 aromatic carbocycles. The number of anilines is 1. The van der Waals surface area contributed by atoms with Crippen molar-refractivity contribution in [3.05, 3.63) is 23.9 Å². The molecule has 2 heterocycles.